The molecule has 5 N–H and O–H groups in total. The van der Waals surface area contributed by atoms with Gasteiger partial charge in [0.25, 0.3) is 5.91 Å². The topological polar surface area (TPSA) is 346 Å². The molecular weight excluding hydrogens is 840 g/mol. The third-order valence-corrected chi connectivity index (χ3v) is 10.3. The molecule has 0 spiro atoms. The van der Waals surface area contributed by atoms with Crippen LogP contribution in [-0.4, -0.2) is 65.6 Å². The van der Waals surface area contributed by atoms with E-state index in [0.717, 1.165) is 18.2 Å². The van der Waals surface area contributed by atoms with Gasteiger partial charge in [0.15, 0.2) is 9.84 Å². The van der Waals surface area contributed by atoms with E-state index in [0.29, 0.717) is 6.07 Å². The van der Waals surface area contributed by atoms with Gasteiger partial charge in [0, 0.05) is 11.3 Å². The second-order valence-corrected chi connectivity index (χ2v) is 15.8. The van der Waals surface area contributed by atoms with Gasteiger partial charge < -0.3 is 30.4 Å². The Morgan fingerprint density at radius 1 is 0.673 bits per heavy atom. The first-order chi connectivity index (χ1) is 23.7. The van der Waals surface area contributed by atoms with Crippen molar-refractivity contribution in [1.29, 1.82) is 0 Å². The van der Waals surface area contributed by atoms with Gasteiger partial charge >= 0.3 is 88.7 Å². The van der Waals surface area contributed by atoms with Gasteiger partial charge in [-0.3, -0.25) is 8.98 Å². The van der Waals surface area contributed by atoms with Gasteiger partial charge in [-0.1, -0.05) is 25.6 Å². The maximum Gasteiger partial charge on any atom is 1.00 e. The third-order valence-electron chi connectivity index (χ3n) is 6.41. The number of carbonyl (C=O) groups is 1. The van der Waals surface area contributed by atoms with E-state index in [9.17, 15) is 52.1 Å². The number of benzene rings is 4. The number of azo groups is 2. The van der Waals surface area contributed by atoms with E-state index in [1.54, 1.807) is 0 Å². The summed E-state index contributed by atoms with van der Waals surface area (Å²) in [7, 11) is -19.4. The summed E-state index contributed by atoms with van der Waals surface area (Å²) in [5.74, 6) is -1.53. The molecule has 0 aromatic heterocycles. The molecule has 55 heavy (non-hydrogen) atoms. The number of rotatable bonds is 13. The van der Waals surface area contributed by atoms with Crippen molar-refractivity contribution in [1.82, 2.24) is 0 Å². The number of nitrogens with zero attached hydrogens (tertiary/aromatic N) is 4. The summed E-state index contributed by atoms with van der Waals surface area (Å²) < 4.78 is 131. The van der Waals surface area contributed by atoms with Crippen LogP contribution in [0.25, 0.3) is 0 Å². The van der Waals surface area contributed by atoms with Gasteiger partial charge in [0.1, 0.15) is 37.3 Å². The summed E-state index contributed by atoms with van der Waals surface area (Å²) in [5, 5.41) is 17.6. The molecule has 0 atom stereocenters. The van der Waals surface area contributed by atoms with Crippen molar-refractivity contribution in [3.05, 3.63) is 84.4 Å². The van der Waals surface area contributed by atoms with Gasteiger partial charge in [-0.2, -0.15) is 5.11 Å². The Labute approximate surface area is 382 Å². The largest absolute Gasteiger partial charge is 1.00 e. The standard InChI is InChI=1S/C27H25N7O13S4.CH4.3Na/c28-24-21(33-32-20-6-1-2-7-22(20)49(38,39)40)15-23(50(41,42)43)25(29)26(24)34-31-17-10-8-16(9-11-17)27(35)30-18-4-3-5-19(14-18)48(36,37)13-12-47-51(44,45)46;;;;/h1-11,14-15H,12-13,28-29H2,(H,30,35)(H,38,39,40)(H,41,42,43)(H,44,45,46);1H4;;;/q;;3*+1/p-3. The summed E-state index contributed by atoms with van der Waals surface area (Å²) in [4.78, 5) is 10.8. The zero-order chi connectivity index (χ0) is 37.8. The first-order valence-electron chi connectivity index (χ1n) is 13.6. The van der Waals surface area contributed by atoms with Crippen molar-refractivity contribution < 1.29 is 145 Å². The minimum absolute atomic E-state index is 0. The van der Waals surface area contributed by atoms with E-state index in [1.807, 2.05) is 0 Å². The molecule has 0 saturated heterocycles. The van der Waals surface area contributed by atoms with E-state index in [1.165, 1.54) is 54.6 Å². The average Bonchev–Trinajstić information content (AvgIpc) is 3.03. The zero-order valence-electron chi connectivity index (χ0n) is 28.3. The van der Waals surface area contributed by atoms with Crippen molar-refractivity contribution in [2.45, 2.75) is 22.1 Å². The van der Waals surface area contributed by atoms with Gasteiger partial charge in [0.05, 0.1) is 44.1 Å². The first kappa shape index (κ1) is 52.8. The molecule has 0 radical (unpaired) electrons. The monoisotopic (exact) mass is 865 g/mol. The van der Waals surface area contributed by atoms with Gasteiger partial charge in [-0.05, 0) is 60.7 Å². The first-order valence-corrected chi connectivity index (χ1v) is 19.4. The van der Waals surface area contributed by atoms with Crippen LogP contribution >= 0.6 is 0 Å². The van der Waals surface area contributed by atoms with Crippen molar-refractivity contribution in [2.24, 2.45) is 20.5 Å². The molecule has 27 heteroatoms. The van der Waals surface area contributed by atoms with E-state index in [-0.39, 0.29) is 118 Å². The Balaban J connectivity index is 0.00000729. The van der Waals surface area contributed by atoms with Crippen LogP contribution < -0.4 is 105 Å². The van der Waals surface area contributed by atoms with Gasteiger partial charge in [-0.25, -0.2) is 33.7 Å². The molecule has 0 aliphatic heterocycles. The number of hydrogen-bond donors (Lipinski definition) is 3. The van der Waals surface area contributed by atoms with E-state index < -0.39 is 97.0 Å². The number of nitrogens with two attached hydrogens (primary N) is 2. The molecule has 4 rings (SSSR count). The van der Waals surface area contributed by atoms with Crippen LogP contribution in [0, 0.1) is 0 Å². The second kappa shape index (κ2) is 21.5. The van der Waals surface area contributed by atoms with Crippen LogP contribution in [0.3, 0.4) is 0 Å². The Bertz CT molecular complexity index is 2530. The SMILES string of the molecule is C.Nc1c(N=Nc2ccccc2S(=O)(=O)[O-])cc(S(=O)(=O)[O-])c(N)c1N=Nc1ccc(C(=O)Nc2cccc(S(=O)(=O)CCOS(=O)(=O)[O-])c2)cc1.[Na+].[Na+].[Na+]. The van der Waals surface area contributed by atoms with Gasteiger partial charge in [-0.15, -0.1) is 15.3 Å². The molecule has 4 aromatic rings. The Morgan fingerprint density at radius 2 is 1.25 bits per heavy atom. The zero-order valence-corrected chi connectivity index (χ0v) is 37.6. The second-order valence-electron chi connectivity index (χ2n) is 9.92. The molecule has 0 fully saturated rings. The van der Waals surface area contributed by atoms with Crippen LogP contribution in [0.4, 0.5) is 39.8 Å². The van der Waals surface area contributed by atoms with Crippen LogP contribution in [0.2, 0.25) is 0 Å². The predicted molar refractivity (Wildman–Crippen MR) is 181 cm³/mol. The fourth-order valence-corrected chi connectivity index (χ4v) is 6.80. The van der Waals surface area contributed by atoms with E-state index in [4.69, 9.17) is 11.5 Å². The van der Waals surface area contributed by atoms with E-state index >= 15 is 0 Å². The van der Waals surface area contributed by atoms with Crippen LogP contribution in [0.15, 0.2) is 114 Å². The molecule has 4 aromatic carbocycles. The van der Waals surface area contributed by atoms with E-state index in [2.05, 4.69) is 30.0 Å². The maximum atomic E-state index is 12.8. The molecule has 1 amide bonds. The summed E-state index contributed by atoms with van der Waals surface area (Å²) >= 11 is 0. The molecule has 0 aliphatic rings. The maximum absolute atomic E-state index is 12.8. The number of hydrogen-bond acceptors (Lipinski definition) is 19. The summed E-state index contributed by atoms with van der Waals surface area (Å²) in [6.45, 7) is -0.907. The molecule has 20 nitrogen and oxygen atoms in total. The van der Waals surface area contributed by atoms with Crippen LogP contribution in [0.5, 0.6) is 0 Å². The molecular formula is C28H26N7Na3O13S4. The Hall–Kier alpha value is -2.21. The number of carbonyl (C=O) groups excluding carboxylic acids is 1. The molecule has 278 valence electrons. The molecule has 0 unspecified atom stereocenters. The van der Waals surface area contributed by atoms with Crippen molar-refractivity contribution in [3.8, 4) is 0 Å². The summed E-state index contributed by atoms with van der Waals surface area (Å²) in [6, 6.07) is 15.5. The van der Waals surface area contributed by atoms with Gasteiger partial charge in [0.2, 0.25) is 10.4 Å². The fraction of sp³-hybridized carbons (Fsp3) is 0.107. The van der Waals surface area contributed by atoms with Crippen molar-refractivity contribution >= 4 is 86.2 Å². The fourth-order valence-electron chi connectivity index (χ4n) is 4.04. The van der Waals surface area contributed by atoms with Crippen molar-refractivity contribution in [3.63, 3.8) is 0 Å². The number of nitrogens with one attached hydrogen (secondary N) is 1. The minimum atomic E-state index is -5.25. The van der Waals surface area contributed by atoms with Crippen LogP contribution in [-0.2, 0) is 44.7 Å². The predicted octanol–water partition coefficient (Wildman–Crippen LogP) is -5.36. The summed E-state index contributed by atoms with van der Waals surface area (Å²) in [5.41, 5.74) is 9.54. The molecule has 0 heterocycles. The number of nitrogen functional groups attached to an aromatic ring is 2. The molecule has 0 saturated carbocycles. The normalized spacial score (nSPS) is 11.8. The smallest absolute Gasteiger partial charge is 0.744 e. The minimum Gasteiger partial charge on any atom is -0.744 e. The Morgan fingerprint density at radius 3 is 1.84 bits per heavy atom. The average molecular weight is 866 g/mol. The summed E-state index contributed by atoms with van der Waals surface area (Å²) in [6.07, 6.45) is 0. The number of sulfone groups is 1. The number of anilines is 3. The Kier molecular flexibility index (Phi) is 20.7. The van der Waals surface area contributed by atoms with Crippen LogP contribution in [0.1, 0.15) is 17.8 Å². The van der Waals surface area contributed by atoms with Crippen molar-refractivity contribution in [2.75, 3.05) is 29.1 Å². The molecule has 0 aliphatic carbocycles. The quantitative estimate of drug-likeness (QED) is 0.0371. The third kappa shape index (κ3) is 14.9. The molecule has 0 bridgehead atoms. The number of amides is 1.